The van der Waals surface area contributed by atoms with Gasteiger partial charge in [0.15, 0.2) is 0 Å². The summed E-state index contributed by atoms with van der Waals surface area (Å²) in [5, 5.41) is 0.700. The monoisotopic (exact) mass is 439 g/mol. The molecular weight excluding hydrogens is 410 g/mol. The van der Waals surface area contributed by atoms with Gasteiger partial charge in [0.1, 0.15) is 17.2 Å². The van der Waals surface area contributed by atoms with Crippen LogP contribution in [0.3, 0.4) is 0 Å². The van der Waals surface area contributed by atoms with Crippen molar-refractivity contribution >= 4 is 27.5 Å². The van der Waals surface area contributed by atoms with Gasteiger partial charge in [0, 0.05) is 11.3 Å². The van der Waals surface area contributed by atoms with E-state index in [2.05, 4.69) is 6.92 Å². The predicted octanol–water partition coefficient (Wildman–Crippen LogP) is 3.43. The average molecular weight is 440 g/mol. The zero-order valence-electron chi connectivity index (χ0n) is 18.4. The van der Waals surface area contributed by atoms with Crippen LogP contribution in [0.25, 0.3) is 10.2 Å². The van der Waals surface area contributed by atoms with E-state index >= 15 is 0 Å². The lowest BCUT2D eigenvalue weighted by atomic mass is 9.89. The summed E-state index contributed by atoms with van der Waals surface area (Å²) < 4.78 is 6.96. The third-order valence-electron chi connectivity index (χ3n) is 5.74. The van der Waals surface area contributed by atoms with Crippen molar-refractivity contribution < 1.29 is 9.53 Å². The van der Waals surface area contributed by atoms with Crippen molar-refractivity contribution in [3.8, 4) is 0 Å². The lowest BCUT2D eigenvalue weighted by Crippen LogP contribution is -2.32. The molecule has 0 fully saturated rings. The van der Waals surface area contributed by atoms with Crippen LogP contribution in [-0.2, 0) is 41.9 Å². The Balaban J connectivity index is 1.59. The lowest BCUT2D eigenvalue weighted by molar-refractivity contribution is -0.144. The van der Waals surface area contributed by atoms with Gasteiger partial charge in [0.2, 0.25) is 0 Å². The zero-order chi connectivity index (χ0) is 22.0. The fourth-order valence-electron chi connectivity index (χ4n) is 4.13. The van der Waals surface area contributed by atoms with Crippen molar-refractivity contribution in [3.05, 3.63) is 62.5 Å². The Morgan fingerprint density at radius 1 is 1.29 bits per heavy atom. The number of rotatable bonds is 7. The molecule has 7 heteroatoms. The molecule has 3 aromatic rings. The molecule has 1 aliphatic rings. The molecule has 6 nitrogen and oxygen atoms in total. The van der Waals surface area contributed by atoms with Gasteiger partial charge in [-0.1, -0.05) is 37.3 Å². The number of aryl methyl sites for hydroxylation is 1. The highest BCUT2D eigenvalue weighted by Gasteiger charge is 2.25. The van der Waals surface area contributed by atoms with Crippen molar-refractivity contribution in [2.45, 2.75) is 45.7 Å². The van der Waals surface area contributed by atoms with Crippen molar-refractivity contribution in [1.82, 2.24) is 14.5 Å². The molecule has 0 aliphatic heterocycles. The fourth-order valence-corrected chi connectivity index (χ4v) is 5.53. The molecule has 2 aromatic heterocycles. The van der Waals surface area contributed by atoms with Crippen LogP contribution < -0.4 is 5.56 Å². The van der Waals surface area contributed by atoms with E-state index in [9.17, 15) is 9.59 Å². The van der Waals surface area contributed by atoms with Crippen LogP contribution in [0.15, 0.2) is 35.1 Å². The van der Waals surface area contributed by atoms with Gasteiger partial charge in [0.05, 0.1) is 18.5 Å². The van der Waals surface area contributed by atoms with E-state index < -0.39 is 5.97 Å². The first-order valence-electron chi connectivity index (χ1n) is 10.8. The maximum absolute atomic E-state index is 13.5. The van der Waals surface area contributed by atoms with Gasteiger partial charge in [0.25, 0.3) is 5.56 Å². The highest BCUT2D eigenvalue weighted by atomic mass is 32.1. The standard InChI is InChI=1S/C24H29N3O3S/c1-16-9-10-18-19(13-16)31-23-22(18)24(29)27(20(25-23)14-26(2)3)15-21(28)30-12-11-17-7-5-4-6-8-17/h4-8,16H,9-15H2,1-3H3. The molecule has 0 N–H and O–H groups in total. The van der Waals surface area contributed by atoms with E-state index in [1.54, 1.807) is 11.3 Å². The number of thiophene rings is 1. The minimum Gasteiger partial charge on any atom is -0.464 e. The summed E-state index contributed by atoms with van der Waals surface area (Å²) in [6.07, 6.45) is 3.64. The Labute approximate surface area is 186 Å². The molecule has 164 valence electrons. The van der Waals surface area contributed by atoms with Gasteiger partial charge in [-0.15, -0.1) is 11.3 Å². The Morgan fingerprint density at radius 2 is 2.06 bits per heavy atom. The van der Waals surface area contributed by atoms with Crippen LogP contribution in [-0.4, -0.2) is 41.1 Å². The molecule has 1 aliphatic carbocycles. The Morgan fingerprint density at radius 3 is 2.81 bits per heavy atom. The summed E-state index contributed by atoms with van der Waals surface area (Å²) in [4.78, 5) is 34.9. The van der Waals surface area contributed by atoms with Crippen LogP contribution in [0, 0.1) is 5.92 Å². The SMILES string of the molecule is CC1CCc2c(sc3nc(CN(C)C)n(CC(=O)OCCc4ccccc4)c(=O)c23)C1. The smallest absolute Gasteiger partial charge is 0.326 e. The summed E-state index contributed by atoms with van der Waals surface area (Å²) in [6, 6.07) is 9.90. The second-order valence-electron chi connectivity index (χ2n) is 8.65. The number of nitrogens with zero attached hydrogens (tertiary/aromatic N) is 3. The van der Waals surface area contributed by atoms with E-state index in [4.69, 9.17) is 9.72 Å². The first-order valence-corrected chi connectivity index (χ1v) is 11.6. The second-order valence-corrected chi connectivity index (χ2v) is 9.73. The fraction of sp³-hybridized carbons (Fsp3) is 0.458. The summed E-state index contributed by atoms with van der Waals surface area (Å²) in [5.41, 5.74) is 2.13. The van der Waals surface area contributed by atoms with Crippen LogP contribution >= 0.6 is 11.3 Å². The number of ether oxygens (including phenoxy) is 1. The molecule has 2 heterocycles. The van der Waals surface area contributed by atoms with Crippen molar-refractivity contribution in [3.63, 3.8) is 0 Å². The Bertz CT molecular complexity index is 1130. The van der Waals surface area contributed by atoms with E-state index in [-0.39, 0.29) is 12.1 Å². The molecule has 0 saturated carbocycles. The first kappa shape index (κ1) is 21.7. The summed E-state index contributed by atoms with van der Waals surface area (Å²) in [5.74, 6) is 0.828. The number of hydrogen-bond acceptors (Lipinski definition) is 6. The molecule has 0 bridgehead atoms. The second kappa shape index (κ2) is 9.32. The van der Waals surface area contributed by atoms with E-state index in [1.807, 2.05) is 49.3 Å². The summed E-state index contributed by atoms with van der Waals surface area (Å²) in [7, 11) is 3.86. The van der Waals surface area contributed by atoms with E-state index in [0.29, 0.717) is 36.7 Å². The molecular formula is C24H29N3O3S. The van der Waals surface area contributed by atoms with Crippen LogP contribution in [0.1, 0.15) is 35.2 Å². The topological polar surface area (TPSA) is 64.4 Å². The van der Waals surface area contributed by atoms with Crippen LogP contribution in [0.4, 0.5) is 0 Å². The molecule has 0 saturated heterocycles. The van der Waals surface area contributed by atoms with E-state index in [1.165, 1.54) is 9.44 Å². The number of fused-ring (bicyclic) bond motifs is 3. The van der Waals surface area contributed by atoms with Crippen LogP contribution in [0.5, 0.6) is 0 Å². The zero-order valence-corrected chi connectivity index (χ0v) is 19.2. The summed E-state index contributed by atoms with van der Waals surface area (Å²) in [6.45, 7) is 2.92. The molecule has 31 heavy (non-hydrogen) atoms. The number of benzene rings is 1. The third-order valence-corrected chi connectivity index (χ3v) is 6.88. The minimum absolute atomic E-state index is 0.110. The molecule has 0 spiro atoms. The largest absolute Gasteiger partial charge is 0.464 e. The summed E-state index contributed by atoms with van der Waals surface area (Å²) >= 11 is 1.64. The van der Waals surface area contributed by atoms with Crippen LogP contribution in [0.2, 0.25) is 0 Å². The normalized spacial score (nSPS) is 15.9. The average Bonchev–Trinajstić information content (AvgIpc) is 3.08. The minimum atomic E-state index is -0.406. The quantitative estimate of drug-likeness (QED) is 0.528. The molecule has 1 atom stereocenters. The number of carbonyl (C=O) groups is 1. The maximum Gasteiger partial charge on any atom is 0.326 e. The predicted molar refractivity (Wildman–Crippen MR) is 124 cm³/mol. The van der Waals surface area contributed by atoms with E-state index in [0.717, 1.165) is 35.2 Å². The first-order chi connectivity index (χ1) is 14.9. The number of carbonyl (C=O) groups excluding carboxylic acids is 1. The van der Waals surface area contributed by atoms with Crippen molar-refractivity contribution in [2.24, 2.45) is 5.92 Å². The van der Waals surface area contributed by atoms with Gasteiger partial charge in [-0.05, 0) is 50.4 Å². The van der Waals surface area contributed by atoms with Crippen molar-refractivity contribution in [2.75, 3.05) is 20.7 Å². The number of hydrogen-bond donors (Lipinski definition) is 0. The Hall–Kier alpha value is -2.51. The Kier molecular flexibility index (Phi) is 6.53. The third kappa shape index (κ3) is 4.88. The molecule has 1 aromatic carbocycles. The maximum atomic E-state index is 13.5. The highest BCUT2D eigenvalue weighted by molar-refractivity contribution is 7.18. The molecule has 4 rings (SSSR count). The number of esters is 1. The lowest BCUT2D eigenvalue weighted by Gasteiger charge is -2.18. The van der Waals surface area contributed by atoms with Gasteiger partial charge in [-0.3, -0.25) is 14.2 Å². The number of aromatic nitrogens is 2. The molecule has 0 amide bonds. The molecule has 1 unspecified atom stereocenters. The van der Waals surface area contributed by atoms with Gasteiger partial charge in [-0.25, -0.2) is 4.98 Å². The van der Waals surface area contributed by atoms with Crippen molar-refractivity contribution in [1.29, 1.82) is 0 Å². The molecule has 0 radical (unpaired) electrons. The van der Waals surface area contributed by atoms with Gasteiger partial charge < -0.3 is 9.64 Å². The highest BCUT2D eigenvalue weighted by Crippen LogP contribution is 2.35. The van der Waals surface area contributed by atoms with Gasteiger partial charge in [-0.2, -0.15) is 0 Å². The van der Waals surface area contributed by atoms with Gasteiger partial charge >= 0.3 is 5.97 Å².